The number of carboxylic acids is 1. The third kappa shape index (κ3) is 2.61. The molecule has 2 rings (SSSR count). The predicted molar refractivity (Wildman–Crippen MR) is 79.1 cm³/mol. The number of carboxylic acid groups (broad SMARTS) is 1. The molecule has 2 aromatic rings. The molecule has 1 aromatic carbocycles. The van der Waals surface area contributed by atoms with E-state index in [9.17, 15) is 9.90 Å². The lowest BCUT2D eigenvalue weighted by Gasteiger charge is -2.15. The second-order valence-corrected chi connectivity index (χ2v) is 5.62. The maximum atomic E-state index is 11.2. The fraction of sp³-hybridized carbons (Fsp3) is 0.429. The van der Waals surface area contributed by atoms with Gasteiger partial charge >= 0.3 is 5.97 Å². The maximum absolute atomic E-state index is 11.2. The maximum Gasteiger partial charge on any atom is 0.337 e. The summed E-state index contributed by atoms with van der Waals surface area (Å²) < 4.78 is 2.14. The number of rotatable bonds is 5. The highest BCUT2D eigenvalue weighted by molar-refractivity contribution is 7.98. The van der Waals surface area contributed by atoms with Crippen molar-refractivity contribution < 1.29 is 9.90 Å². The molecule has 1 atom stereocenters. The molecule has 1 unspecified atom stereocenters. The average molecular weight is 278 g/mol. The van der Waals surface area contributed by atoms with Gasteiger partial charge in [-0.3, -0.25) is 0 Å². The van der Waals surface area contributed by atoms with Gasteiger partial charge in [0.25, 0.3) is 0 Å². The van der Waals surface area contributed by atoms with Gasteiger partial charge in [-0.25, -0.2) is 9.78 Å². The molecule has 0 bridgehead atoms. The quantitative estimate of drug-likeness (QED) is 0.911. The number of aromatic carboxylic acids is 1. The van der Waals surface area contributed by atoms with Gasteiger partial charge in [0.1, 0.15) is 11.3 Å². The van der Waals surface area contributed by atoms with Crippen LogP contribution >= 0.6 is 11.8 Å². The first-order chi connectivity index (χ1) is 9.06. The third-order valence-electron chi connectivity index (χ3n) is 3.31. The molecule has 0 radical (unpaired) electrons. The Labute approximate surface area is 116 Å². The van der Waals surface area contributed by atoms with Gasteiger partial charge in [-0.2, -0.15) is 11.8 Å². The van der Waals surface area contributed by atoms with E-state index in [4.69, 9.17) is 0 Å². The standard InChI is InChI=1S/C14H18N2O2S/c1-9(7-8-19-3)16-10(2)15-13-11(14(17)18)5-4-6-12(13)16/h4-6,9H,7-8H2,1-3H3,(H,17,18). The van der Waals surface area contributed by atoms with Gasteiger partial charge in [-0.05, 0) is 44.4 Å². The zero-order valence-electron chi connectivity index (χ0n) is 11.4. The summed E-state index contributed by atoms with van der Waals surface area (Å²) in [6, 6.07) is 5.65. The summed E-state index contributed by atoms with van der Waals surface area (Å²) >= 11 is 1.82. The highest BCUT2D eigenvalue weighted by Crippen LogP contribution is 2.25. The summed E-state index contributed by atoms with van der Waals surface area (Å²) in [7, 11) is 0. The molecule has 4 nitrogen and oxygen atoms in total. The van der Waals surface area contributed by atoms with E-state index in [0.717, 1.165) is 23.5 Å². The molecule has 0 fully saturated rings. The average Bonchev–Trinajstić information content (AvgIpc) is 2.71. The molecular formula is C14H18N2O2S. The molecule has 1 N–H and O–H groups in total. The topological polar surface area (TPSA) is 55.1 Å². The summed E-state index contributed by atoms with van der Waals surface area (Å²) in [5, 5.41) is 9.21. The van der Waals surface area contributed by atoms with E-state index in [2.05, 4.69) is 22.7 Å². The Bertz CT molecular complexity index is 607. The smallest absolute Gasteiger partial charge is 0.337 e. The van der Waals surface area contributed by atoms with E-state index in [-0.39, 0.29) is 5.56 Å². The highest BCUT2D eigenvalue weighted by Gasteiger charge is 2.17. The van der Waals surface area contributed by atoms with Gasteiger partial charge in [-0.1, -0.05) is 6.07 Å². The fourth-order valence-corrected chi connectivity index (χ4v) is 2.96. The second-order valence-electron chi connectivity index (χ2n) is 4.64. The number of hydrogen-bond donors (Lipinski definition) is 1. The highest BCUT2D eigenvalue weighted by atomic mass is 32.2. The zero-order chi connectivity index (χ0) is 14.0. The number of aryl methyl sites for hydroxylation is 1. The molecule has 0 aliphatic rings. The number of carbonyl (C=O) groups is 1. The van der Waals surface area contributed by atoms with Crippen LogP contribution in [0.4, 0.5) is 0 Å². The second kappa shape index (κ2) is 5.65. The first-order valence-corrected chi connectivity index (χ1v) is 7.65. The van der Waals surface area contributed by atoms with Crippen molar-refractivity contribution in [3.8, 4) is 0 Å². The van der Waals surface area contributed by atoms with Crippen LogP contribution in [-0.4, -0.2) is 32.6 Å². The van der Waals surface area contributed by atoms with Crippen LogP contribution < -0.4 is 0 Å². The van der Waals surface area contributed by atoms with E-state index < -0.39 is 5.97 Å². The van der Waals surface area contributed by atoms with Crippen LogP contribution in [0.3, 0.4) is 0 Å². The number of hydrogen-bond acceptors (Lipinski definition) is 3. The first kappa shape index (κ1) is 13.9. The number of thioether (sulfide) groups is 1. The zero-order valence-corrected chi connectivity index (χ0v) is 12.2. The minimum absolute atomic E-state index is 0.274. The Morgan fingerprint density at radius 3 is 2.89 bits per heavy atom. The molecule has 0 saturated carbocycles. The molecule has 19 heavy (non-hydrogen) atoms. The molecule has 1 aromatic heterocycles. The van der Waals surface area contributed by atoms with Crippen molar-refractivity contribution in [2.75, 3.05) is 12.0 Å². The van der Waals surface area contributed by atoms with E-state index in [1.165, 1.54) is 0 Å². The molecule has 0 spiro atoms. The van der Waals surface area contributed by atoms with Crippen molar-refractivity contribution in [2.45, 2.75) is 26.3 Å². The van der Waals surface area contributed by atoms with Gasteiger partial charge in [0.2, 0.25) is 0 Å². The van der Waals surface area contributed by atoms with Crippen LogP contribution in [0.2, 0.25) is 0 Å². The molecule has 1 heterocycles. The number of imidazole rings is 1. The van der Waals surface area contributed by atoms with Crippen molar-refractivity contribution in [3.63, 3.8) is 0 Å². The Kier molecular flexibility index (Phi) is 4.14. The molecule has 0 aliphatic carbocycles. The summed E-state index contributed by atoms with van der Waals surface area (Å²) in [4.78, 5) is 15.7. The van der Waals surface area contributed by atoms with Gasteiger partial charge in [0.05, 0.1) is 11.1 Å². The van der Waals surface area contributed by atoms with Crippen LogP contribution in [0.1, 0.15) is 35.6 Å². The molecule has 0 amide bonds. The van der Waals surface area contributed by atoms with E-state index in [1.807, 2.05) is 24.8 Å². The molecule has 102 valence electrons. The van der Waals surface area contributed by atoms with Crippen LogP contribution in [0.25, 0.3) is 11.0 Å². The molecular weight excluding hydrogens is 260 g/mol. The fourth-order valence-electron chi connectivity index (χ4n) is 2.38. The Hall–Kier alpha value is -1.49. The van der Waals surface area contributed by atoms with E-state index in [0.29, 0.717) is 11.6 Å². The summed E-state index contributed by atoms with van der Waals surface area (Å²) in [5.41, 5.74) is 1.77. The molecule has 0 saturated heterocycles. The van der Waals surface area contributed by atoms with Crippen molar-refractivity contribution in [2.24, 2.45) is 0 Å². The minimum atomic E-state index is -0.924. The Morgan fingerprint density at radius 1 is 1.53 bits per heavy atom. The molecule has 5 heteroatoms. The number of fused-ring (bicyclic) bond motifs is 1. The van der Waals surface area contributed by atoms with Crippen molar-refractivity contribution in [3.05, 3.63) is 29.6 Å². The van der Waals surface area contributed by atoms with Gasteiger partial charge in [-0.15, -0.1) is 0 Å². The number of para-hydroxylation sites is 1. The lowest BCUT2D eigenvalue weighted by molar-refractivity contribution is 0.0699. The van der Waals surface area contributed by atoms with E-state index >= 15 is 0 Å². The summed E-state index contributed by atoms with van der Waals surface area (Å²) in [6.07, 6.45) is 3.14. The Morgan fingerprint density at radius 2 is 2.26 bits per heavy atom. The van der Waals surface area contributed by atoms with Crippen LogP contribution in [0.15, 0.2) is 18.2 Å². The van der Waals surface area contributed by atoms with E-state index in [1.54, 1.807) is 12.1 Å². The van der Waals surface area contributed by atoms with Crippen LogP contribution in [0, 0.1) is 6.92 Å². The predicted octanol–water partition coefficient (Wildman–Crippen LogP) is 3.36. The number of benzene rings is 1. The largest absolute Gasteiger partial charge is 0.478 e. The van der Waals surface area contributed by atoms with Gasteiger partial charge in [0, 0.05) is 6.04 Å². The lowest BCUT2D eigenvalue weighted by atomic mass is 10.1. The first-order valence-electron chi connectivity index (χ1n) is 6.26. The van der Waals surface area contributed by atoms with Gasteiger partial charge < -0.3 is 9.67 Å². The van der Waals surface area contributed by atoms with Crippen molar-refractivity contribution in [1.29, 1.82) is 0 Å². The van der Waals surface area contributed by atoms with Crippen LogP contribution in [-0.2, 0) is 0 Å². The lowest BCUT2D eigenvalue weighted by Crippen LogP contribution is -2.08. The van der Waals surface area contributed by atoms with Gasteiger partial charge in [0.15, 0.2) is 0 Å². The summed E-state index contributed by atoms with van der Waals surface area (Å²) in [5.74, 6) is 1.03. The Balaban J connectivity index is 2.53. The van der Waals surface area contributed by atoms with Crippen LogP contribution in [0.5, 0.6) is 0 Å². The normalized spacial score (nSPS) is 12.8. The van der Waals surface area contributed by atoms with Crippen molar-refractivity contribution in [1.82, 2.24) is 9.55 Å². The minimum Gasteiger partial charge on any atom is -0.478 e. The SMILES string of the molecule is CSCCC(C)n1c(C)nc2c(C(=O)O)cccc21. The number of aromatic nitrogens is 2. The monoisotopic (exact) mass is 278 g/mol. The van der Waals surface area contributed by atoms with Crippen molar-refractivity contribution >= 4 is 28.8 Å². The third-order valence-corrected chi connectivity index (χ3v) is 3.95. The summed E-state index contributed by atoms with van der Waals surface area (Å²) in [6.45, 7) is 4.08. The molecule has 0 aliphatic heterocycles. The number of nitrogens with zero attached hydrogens (tertiary/aromatic N) is 2.